The van der Waals surface area contributed by atoms with Gasteiger partial charge < -0.3 is 5.73 Å². The predicted molar refractivity (Wildman–Crippen MR) is 71.8 cm³/mol. The molecule has 21 heavy (non-hydrogen) atoms. The monoisotopic (exact) mass is 337 g/mol. The minimum absolute atomic E-state index is 0.0922. The summed E-state index contributed by atoms with van der Waals surface area (Å²) in [5, 5.41) is 1.42. The Morgan fingerprint density at radius 1 is 1.29 bits per heavy atom. The van der Waals surface area contributed by atoms with Crippen LogP contribution in [-0.2, 0) is 10.0 Å². The van der Waals surface area contributed by atoms with E-state index in [1.165, 1.54) is 5.38 Å². The summed E-state index contributed by atoms with van der Waals surface area (Å²) >= 11 is 0.914. The maximum Gasteiger partial charge on any atom is 0.269 e. The number of aromatic nitrogens is 1. The highest BCUT2D eigenvalue weighted by atomic mass is 32.2. The summed E-state index contributed by atoms with van der Waals surface area (Å²) in [4.78, 5) is 2.62. The van der Waals surface area contributed by atoms with Crippen LogP contribution >= 0.6 is 11.3 Å². The first kappa shape index (κ1) is 15.7. The molecule has 5 nitrogen and oxygen atoms in total. The van der Waals surface area contributed by atoms with Crippen molar-refractivity contribution in [2.75, 3.05) is 4.72 Å². The number of benzene rings is 1. The summed E-state index contributed by atoms with van der Waals surface area (Å²) < 4.78 is 65.7. The van der Waals surface area contributed by atoms with Crippen LogP contribution in [0.5, 0.6) is 0 Å². The number of sulfonamides is 1. The van der Waals surface area contributed by atoms with Crippen LogP contribution in [0.3, 0.4) is 0 Å². The fourth-order valence-corrected chi connectivity index (χ4v) is 3.68. The molecule has 1 atom stereocenters. The number of nitrogens with two attached hydrogens (primary N) is 1. The van der Waals surface area contributed by atoms with Crippen molar-refractivity contribution in [2.24, 2.45) is 5.73 Å². The summed E-state index contributed by atoms with van der Waals surface area (Å²) in [6.45, 7) is 1.65. The second kappa shape index (κ2) is 5.62. The van der Waals surface area contributed by atoms with Crippen molar-refractivity contribution in [2.45, 2.75) is 17.9 Å². The third-order valence-electron chi connectivity index (χ3n) is 2.44. The molecule has 3 N–H and O–H groups in total. The average Bonchev–Trinajstić information content (AvgIpc) is 2.74. The maximum absolute atomic E-state index is 13.5. The number of halogens is 3. The van der Waals surface area contributed by atoms with E-state index in [1.807, 2.05) is 4.72 Å². The standard InChI is InChI=1S/C11H10F3N3O2S2/c1-5(15)9-4-20-11(16-9)17-21(18,19)10-7(13)2-6(12)3-8(10)14/h2-5H,15H2,1H3,(H,16,17). The largest absolute Gasteiger partial charge is 0.323 e. The molecule has 0 bridgehead atoms. The van der Waals surface area contributed by atoms with Gasteiger partial charge in [-0.2, -0.15) is 0 Å². The molecule has 2 rings (SSSR count). The summed E-state index contributed by atoms with van der Waals surface area (Å²) in [7, 11) is -4.56. The van der Waals surface area contributed by atoms with Crippen LogP contribution < -0.4 is 10.5 Å². The Morgan fingerprint density at radius 3 is 2.33 bits per heavy atom. The molecule has 114 valence electrons. The van der Waals surface area contributed by atoms with Crippen LogP contribution in [0.2, 0.25) is 0 Å². The fraction of sp³-hybridized carbons (Fsp3) is 0.182. The predicted octanol–water partition coefficient (Wildman–Crippen LogP) is 2.38. The molecule has 0 aliphatic carbocycles. The van der Waals surface area contributed by atoms with E-state index >= 15 is 0 Å². The lowest BCUT2D eigenvalue weighted by Gasteiger charge is -2.07. The lowest BCUT2D eigenvalue weighted by Crippen LogP contribution is -2.17. The molecule has 1 aromatic heterocycles. The van der Waals surface area contributed by atoms with Crippen LogP contribution in [0, 0.1) is 17.5 Å². The molecule has 10 heteroatoms. The zero-order valence-electron chi connectivity index (χ0n) is 10.6. The van der Waals surface area contributed by atoms with Gasteiger partial charge in [0, 0.05) is 23.6 Å². The quantitative estimate of drug-likeness (QED) is 0.897. The van der Waals surface area contributed by atoms with Crippen molar-refractivity contribution >= 4 is 26.5 Å². The molecule has 0 amide bonds. The van der Waals surface area contributed by atoms with E-state index in [-0.39, 0.29) is 17.3 Å². The minimum Gasteiger partial charge on any atom is -0.323 e. The van der Waals surface area contributed by atoms with E-state index in [2.05, 4.69) is 4.98 Å². The second-order valence-corrected chi connectivity index (χ2v) is 6.65. The lowest BCUT2D eigenvalue weighted by molar-refractivity contribution is 0.498. The van der Waals surface area contributed by atoms with Crippen LogP contribution in [0.15, 0.2) is 22.4 Å². The van der Waals surface area contributed by atoms with Gasteiger partial charge in [0.1, 0.15) is 17.5 Å². The van der Waals surface area contributed by atoms with Gasteiger partial charge in [-0.3, -0.25) is 4.72 Å². The third kappa shape index (κ3) is 3.34. The Bertz CT molecular complexity index is 752. The molecule has 0 radical (unpaired) electrons. The molecule has 0 fully saturated rings. The Morgan fingerprint density at radius 2 is 1.86 bits per heavy atom. The van der Waals surface area contributed by atoms with E-state index in [4.69, 9.17) is 5.73 Å². The van der Waals surface area contributed by atoms with Crippen molar-refractivity contribution in [3.63, 3.8) is 0 Å². The van der Waals surface area contributed by atoms with Gasteiger partial charge in [0.25, 0.3) is 10.0 Å². The van der Waals surface area contributed by atoms with Crippen LogP contribution in [0.4, 0.5) is 18.3 Å². The van der Waals surface area contributed by atoms with Crippen molar-refractivity contribution < 1.29 is 21.6 Å². The summed E-state index contributed by atoms with van der Waals surface area (Å²) in [6.07, 6.45) is 0. The maximum atomic E-state index is 13.5. The van der Waals surface area contributed by atoms with E-state index in [1.54, 1.807) is 6.92 Å². The second-order valence-electron chi connectivity index (χ2n) is 4.17. The molecule has 1 heterocycles. The Hall–Kier alpha value is -1.65. The molecule has 2 aromatic rings. The van der Waals surface area contributed by atoms with Crippen LogP contribution in [0.25, 0.3) is 0 Å². The highest BCUT2D eigenvalue weighted by Crippen LogP contribution is 2.25. The van der Waals surface area contributed by atoms with Crippen LogP contribution in [0.1, 0.15) is 18.7 Å². The van der Waals surface area contributed by atoms with E-state index in [0.29, 0.717) is 5.69 Å². The number of thiazole rings is 1. The first-order chi connectivity index (χ1) is 9.70. The smallest absolute Gasteiger partial charge is 0.269 e. The highest BCUT2D eigenvalue weighted by Gasteiger charge is 2.26. The fourth-order valence-electron chi connectivity index (χ4n) is 1.49. The number of anilines is 1. The lowest BCUT2D eigenvalue weighted by atomic mass is 10.3. The van der Waals surface area contributed by atoms with Crippen molar-refractivity contribution in [3.05, 3.63) is 40.7 Å². The first-order valence-electron chi connectivity index (χ1n) is 5.59. The summed E-state index contributed by atoms with van der Waals surface area (Å²) in [5.74, 6) is -4.26. The van der Waals surface area contributed by atoms with Crippen LogP contribution in [-0.4, -0.2) is 13.4 Å². The summed E-state index contributed by atoms with van der Waals surface area (Å²) in [5.41, 5.74) is 6.00. The van der Waals surface area contributed by atoms with Gasteiger partial charge in [0.2, 0.25) is 0 Å². The van der Waals surface area contributed by atoms with Crippen molar-refractivity contribution in [1.82, 2.24) is 4.98 Å². The molecule has 0 aliphatic heterocycles. The van der Waals surface area contributed by atoms with E-state index in [0.717, 1.165) is 11.3 Å². The molecular weight excluding hydrogens is 327 g/mol. The molecule has 0 spiro atoms. The molecular formula is C11H10F3N3O2S2. The number of nitrogens with one attached hydrogen (secondary N) is 1. The normalized spacial score (nSPS) is 13.2. The van der Waals surface area contributed by atoms with Gasteiger partial charge in [-0.1, -0.05) is 0 Å². The Kier molecular flexibility index (Phi) is 4.21. The number of rotatable bonds is 4. The van der Waals surface area contributed by atoms with Gasteiger partial charge in [-0.25, -0.2) is 26.6 Å². The minimum atomic E-state index is -4.56. The molecule has 1 unspecified atom stereocenters. The van der Waals surface area contributed by atoms with Crippen molar-refractivity contribution in [3.8, 4) is 0 Å². The van der Waals surface area contributed by atoms with Gasteiger partial charge in [0.05, 0.1) is 5.69 Å². The molecule has 0 saturated carbocycles. The van der Waals surface area contributed by atoms with E-state index in [9.17, 15) is 21.6 Å². The number of nitrogens with zero attached hydrogens (tertiary/aromatic N) is 1. The Labute approximate surface area is 122 Å². The first-order valence-corrected chi connectivity index (χ1v) is 7.95. The Balaban J connectivity index is 2.38. The average molecular weight is 337 g/mol. The number of hydrogen-bond donors (Lipinski definition) is 2. The topological polar surface area (TPSA) is 85.1 Å². The van der Waals surface area contributed by atoms with Gasteiger partial charge in [0.15, 0.2) is 10.0 Å². The summed E-state index contributed by atoms with van der Waals surface area (Å²) in [6, 6.07) is 0.151. The van der Waals surface area contributed by atoms with Gasteiger partial charge >= 0.3 is 0 Å². The molecule has 1 aromatic carbocycles. The van der Waals surface area contributed by atoms with E-state index < -0.39 is 38.4 Å². The van der Waals surface area contributed by atoms with Crippen molar-refractivity contribution in [1.29, 1.82) is 0 Å². The number of hydrogen-bond acceptors (Lipinski definition) is 5. The zero-order chi connectivity index (χ0) is 15.8. The molecule has 0 saturated heterocycles. The SMILES string of the molecule is CC(N)c1csc(NS(=O)(=O)c2c(F)cc(F)cc2F)n1. The van der Waals surface area contributed by atoms with Gasteiger partial charge in [-0.05, 0) is 6.92 Å². The molecule has 0 aliphatic rings. The zero-order valence-corrected chi connectivity index (χ0v) is 12.2. The van der Waals surface area contributed by atoms with Gasteiger partial charge in [-0.15, -0.1) is 11.3 Å². The third-order valence-corrected chi connectivity index (χ3v) is 4.74. The highest BCUT2D eigenvalue weighted by molar-refractivity contribution is 7.93.